The van der Waals surface area contributed by atoms with Crippen molar-refractivity contribution in [2.75, 3.05) is 46.1 Å². The van der Waals surface area contributed by atoms with Crippen LogP contribution in [0.5, 0.6) is 0 Å². The first-order valence-electron chi connectivity index (χ1n) is 7.21. The van der Waals surface area contributed by atoms with Crippen molar-refractivity contribution in [3.05, 3.63) is 0 Å². The van der Waals surface area contributed by atoms with Gasteiger partial charge in [-0.25, -0.2) is 0 Å². The smallest absolute Gasteiger partial charge is 0.0701 e. The second-order valence-corrected chi connectivity index (χ2v) is 6.67. The monoisotopic (exact) mass is 292 g/mol. The van der Waals surface area contributed by atoms with Gasteiger partial charge in [0, 0.05) is 23.9 Å². The van der Waals surface area contributed by atoms with Crippen molar-refractivity contribution in [2.24, 2.45) is 0 Å². The molecular formula is C14H32N2O2S. The fraction of sp³-hybridized carbons (Fsp3) is 1.00. The summed E-state index contributed by atoms with van der Waals surface area (Å²) in [5.74, 6) is 0. The summed E-state index contributed by atoms with van der Waals surface area (Å²) < 4.78 is 10.9. The predicted molar refractivity (Wildman–Crippen MR) is 85.3 cm³/mol. The molecule has 0 aliphatic carbocycles. The zero-order valence-electron chi connectivity index (χ0n) is 13.0. The number of hydrogen-bond donors (Lipinski definition) is 3. The van der Waals surface area contributed by atoms with E-state index >= 15 is 0 Å². The molecule has 5 heteroatoms. The predicted octanol–water partition coefficient (Wildman–Crippen LogP) is 1.71. The van der Waals surface area contributed by atoms with Crippen LogP contribution in [-0.2, 0) is 9.47 Å². The molecule has 0 amide bonds. The number of thiol groups is 1. The second-order valence-electron chi connectivity index (χ2n) is 5.79. The van der Waals surface area contributed by atoms with Crippen molar-refractivity contribution in [2.45, 2.75) is 44.9 Å². The first kappa shape index (κ1) is 19.2. The number of ether oxygens (including phenoxy) is 2. The Labute approximate surface area is 124 Å². The van der Waals surface area contributed by atoms with E-state index in [0.717, 1.165) is 39.3 Å². The summed E-state index contributed by atoms with van der Waals surface area (Å²) in [6, 6.07) is 0. The summed E-state index contributed by atoms with van der Waals surface area (Å²) in [6.07, 6.45) is 1.09. The molecule has 0 aromatic carbocycles. The van der Waals surface area contributed by atoms with Crippen LogP contribution in [0.4, 0.5) is 0 Å². The summed E-state index contributed by atoms with van der Waals surface area (Å²) in [5.41, 5.74) is 0.163. The Bertz CT molecular complexity index is 196. The summed E-state index contributed by atoms with van der Waals surface area (Å²) in [5, 5.41) is 7.16. The van der Waals surface area contributed by atoms with Gasteiger partial charge in [-0.2, -0.15) is 12.6 Å². The number of nitrogens with one attached hydrogen (secondary N) is 2. The molecule has 19 heavy (non-hydrogen) atoms. The van der Waals surface area contributed by atoms with E-state index in [4.69, 9.17) is 9.47 Å². The van der Waals surface area contributed by atoms with Crippen LogP contribution in [-0.4, -0.2) is 56.9 Å². The maximum atomic E-state index is 5.47. The number of hydrogen-bond acceptors (Lipinski definition) is 5. The van der Waals surface area contributed by atoms with Crippen LogP contribution >= 0.6 is 12.6 Å². The van der Waals surface area contributed by atoms with Crippen molar-refractivity contribution in [1.29, 1.82) is 0 Å². The van der Waals surface area contributed by atoms with Gasteiger partial charge in [-0.1, -0.05) is 6.92 Å². The van der Waals surface area contributed by atoms with Crippen LogP contribution in [0, 0.1) is 0 Å². The Balaban J connectivity index is 3.03. The molecule has 0 bridgehead atoms. The average Bonchev–Trinajstić information content (AvgIpc) is 2.28. The van der Waals surface area contributed by atoms with Crippen LogP contribution in [0.1, 0.15) is 34.1 Å². The molecule has 0 heterocycles. The van der Waals surface area contributed by atoms with Gasteiger partial charge in [0.05, 0.1) is 26.4 Å². The molecule has 2 N–H and O–H groups in total. The highest BCUT2D eigenvalue weighted by molar-refractivity contribution is 7.80. The third-order valence-electron chi connectivity index (χ3n) is 2.44. The lowest BCUT2D eigenvalue weighted by Crippen LogP contribution is -2.38. The standard InChI is InChI=1S/C14H32N2O2S/c1-13(19)5-6-15-7-9-17-11-12-18-10-8-16-14(2,3)4/h13,15-16,19H,5-12H2,1-4H3/t13-/m0/s1. The lowest BCUT2D eigenvalue weighted by molar-refractivity contribution is 0.0486. The third kappa shape index (κ3) is 18.2. The van der Waals surface area contributed by atoms with Crippen molar-refractivity contribution >= 4 is 12.6 Å². The van der Waals surface area contributed by atoms with E-state index < -0.39 is 0 Å². The van der Waals surface area contributed by atoms with Crippen LogP contribution in [0.3, 0.4) is 0 Å². The van der Waals surface area contributed by atoms with Crippen molar-refractivity contribution in [3.8, 4) is 0 Å². The molecule has 0 aliphatic rings. The highest BCUT2D eigenvalue weighted by atomic mass is 32.1. The first-order valence-corrected chi connectivity index (χ1v) is 7.73. The molecule has 0 spiro atoms. The molecule has 0 saturated carbocycles. The van der Waals surface area contributed by atoms with Crippen molar-refractivity contribution in [1.82, 2.24) is 10.6 Å². The first-order chi connectivity index (χ1) is 8.92. The lowest BCUT2D eigenvalue weighted by atomic mass is 10.1. The van der Waals surface area contributed by atoms with Crippen LogP contribution in [0.25, 0.3) is 0 Å². The Morgan fingerprint density at radius 2 is 1.53 bits per heavy atom. The molecule has 0 saturated heterocycles. The van der Waals surface area contributed by atoms with Gasteiger partial charge in [0.15, 0.2) is 0 Å². The molecule has 0 unspecified atom stereocenters. The van der Waals surface area contributed by atoms with Gasteiger partial charge in [-0.05, 0) is 33.7 Å². The molecule has 116 valence electrons. The van der Waals surface area contributed by atoms with E-state index in [1.807, 2.05) is 0 Å². The zero-order chi connectivity index (χ0) is 14.6. The maximum Gasteiger partial charge on any atom is 0.0701 e. The Kier molecular flexibility index (Phi) is 12.1. The summed E-state index contributed by atoms with van der Waals surface area (Å²) in [4.78, 5) is 0. The largest absolute Gasteiger partial charge is 0.378 e. The highest BCUT2D eigenvalue weighted by Crippen LogP contribution is 1.97. The van der Waals surface area contributed by atoms with Gasteiger partial charge in [0.1, 0.15) is 0 Å². The van der Waals surface area contributed by atoms with Gasteiger partial charge < -0.3 is 20.1 Å². The summed E-state index contributed by atoms with van der Waals surface area (Å²) in [6.45, 7) is 14.1. The highest BCUT2D eigenvalue weighted by Gasteiger charge is 2.06. The fourth-order valence-electron chi connectivity index (χ4n) is 1.40. The Morgan fingerprint density at radius 1 is 0.947 bits per heavy atom. The van der Waals surface area contributed by atoms with E-state index in [1.54, 1.807) is 0 Å². The fourth-order valence-corrected chi connectivity index (χ4v) is 1.53. The van der Waals surface area contributed by atoms with Gasteiger partial charge in [-0.15, -0.1) is 0 Å². The SMILES string of the molecule is C[C@H](S)CCNCCOCCOCCNC(C)(C)C. The third-order valence-corrected chi connectivity index (χ3v) is 2.69. The number of rotatable bonds is 12. The molecule has 0 aromatic rings. The van der Waals surface area contributed by atoms with Crippen molar-refractivity contribution < 1.29 is 9.47 Å². The van der Waals surface area contributed by atoms with E-state index in [2.05, 4.69) is 51.0 Å². The quantitative estimate of drug-likeness (QED) is 0.378. The topological polar surface area (TPSA) is 42.5 Å². The normalized spacial score (nSPS) is 13.7. The Morgan fingerprint density at radius 3 is 2.05 bits per heavy atom. The molecule has 0 aliphatic heterocycles. The molecule has 0 rings (SSSR count). The summed E-state index contributed by atoms with van der Waals surface area (Å²) >= 11 is 4.32. The molecule has 4 nitrogen and oxygen atoms in total. The summed E-state index contributed by atoms with van der Waals surface area (Å²) in [7, 11) is 0. The average molecular weight is 292 g/mol. The molecule has 0 radical (unpaired) electrons. The van der Waals surface area contributed by atoms with E-state index in [9.17, 15) is 0 Å². The zero-order valence-corrected chi connectivity index (χ0v) is 13.9. The minimum absolute atomic E-state index is 0.163. The maximum absolute atomic E-state index is 5.47. The second kappa shape index (κ2) is 12.0. The van der Waals surface area contributed by atoms with Gasteiger partial charge in [0.25, 0.3) is 0 Å². The van der Waals surface area contributed by atoms with Crippen LogP contribution in [0.15, 0.2) is 0 Å². The van der Waals surface area contributed by atoms with Gasteiger partial charge in [-0.3, -0.25) is 0 Å². The van der Waals surface area contributed by atoms with E-state index in [1.165, 1.54) is 0 Å². The lowest BCUT2D eigenvalue weighted by Gasteiger charge is -2.20. The minimum Gasteiger partial charge on any atom is -0.378 e. The van der Waals surface area contributed by atoms with Crippen LogP contribution < -0.4 is 10.6 Å². The van der Waals surface area contributed by atoms with Gasteiger partial charge in [0.2, 0.25) is 0 Å². The molecule has 0 fully saturated rings. The molecule has 0 aromatic heterocycles. The van der Waals surface area contributed by atoms with Crippen LogP contribution in [0.2, 0.25) is 0 Å². The minimum atomic E-state index is 0.163. The molecule has 1 atom stereocenters. The van der Waals surface area contributed by atoms with E-state index in [0.29, 0.717) is 18.5 Å². The Hall–Kier alpha value is 0.190. The molecular weight excluding hydrogens is 260 g/mol. The van der Waals surface area contributed by atoms with E-state index in [-0.39, 0.29) is 5.54 Å². The van der Waals surface area contributed by atoms with Crippen molar-refractivity contribution in [3.63, 3.8) is 0 Å². The van der Waals surface area contributed by atoms with Gasteiger partial charge >= 0.3 is 0 Å².